The van der Waals surface area contributed by atoms with Crippen molar-refractivity contribution in [2.45, 2.75) is 19.9 Å². The Labute approximate surface area is 166 Å². The molecule has 1 aromatic heterocycles. The Bertz CT molecular complexity index is 641. The molecule has 6 heteroatoms. The van der Waals surface area contributed by atoms with Gasteiger partial charge < -0.3 is 10.2 Å². The fraction of sp³-hybridized carbons (Fsp3) is 0.333. The molecule has 0 aliphatic carbocycles. The fourth-order valence-electron chi connectivity index (χ4n) is 2.29. The number of benzene rings is 1. The maximum atomic E-state index is 5.92. The zero-order valence-corrected chi connectivity index (χ0v) is 17.4. The van der Waals surface area contributed by atoms with Gasteiger partial charge in [0.15, 0.2) is 5.96 Å². The van der Waals surface area contributed by atoms with Crippen molar-refractivity contribution < 1.29 is 0 Å². The average molecular weight is 459 g/mol. The van der Waals surface area contributed by atoms with Crippen molar-refractivity contribution in [3.8, 4) is 0 Å². The molecule has 0 unspecified atom stereocenters. The molecule has 0 saturated heterocycles. The molecular formula is C18H24ClIN4. The number of halogens is 2. The van der Waals surface area contributed by atoms with Gasteiger partial charge in [-0.25, -0.2) is 0 Å². The van der Waals surface area contributed by atoms with Crippen LogP contribution in [0.2, 0.25) is 5.02 Å². The summed E-state index contributed by atoms with van der Waals surface area (Å²) in [7, 11) is 3.82. The summed E-state index contributed by atoms with van der Waals surface area (Å²) in [6.07, 6.45) is 2.85. The van der Waals surface area contributed by atoms with Crippen molar-refractivity contribution in [1.29, 1.82) is 0 Å². The predicted molar refractivity (Wildman–Crippen MR) is 112 cm³/mol. The number of nitrogens with zero attached hydrogens (tertiary/aromatic N) is 3. The van der Waals surface area contributed by atoms with E-state index in [-0.39, 0.29) is 24.0 Å². The lowest BCUT2D eigenvalue weighted by molar-refractivity contribution is 0.477. The van der Waals surface area contributed by atoms with Gasteiger partial charge in [-0.2, -0.15) is 0 Å². The van der Waals surface area contributed by atoms with E-state index >= 15 is 0 Å². The third kappa shape index (κ3) is 6.65. The third-order valence-corrected chi connectivity index (χ3v) is 3.83. The minimum atomic E-state index is 0. The van der Waals surface area contributed by atoms with E-state index in [4.69, 9.17) is 11.6 Å². The lowest BCUT2D eigenvalue weighted by Crippen LogP contribution is -2.39. The zero-order chi connectivity index (χ0) is 16.7. The second-order valence-corrected chi connectivity index (χ2v) is 5.95. The molecule has 0 aliphatic heterocycles. The van der Waals surface area contributed by atoms with Crippen molar-refractivity contribution >= 4 is 41.5 Å². The van der Waals surface area contributed by atoms with Gasteiger partial charge in [-0.3, -0.25) is 9.98 Å². The number of guanidine groups is 1. The lowest BCUT2D eigenvalue weighted by atomic mass is 10.2. The van der Waals surface area contributed by atoms with Gasteiger partial charge in [0.1, 0.15) is 0 Å². The van der Waals surface area contributed by atoms with Crippen LogP contribution >= 0.6 is 35.6 Å². The van der Waals surface area contributed by atoms with Crippen LogP contribution in [-0.4, -0.2) is 36.5 Å². The number of rotatable bonds is 5. The number of pyridine rings is 1. The van der Waals surface area contributed by atoms with Gasteiger partial charge in [-0.15, -0.1) is 24.0 Å². The van der Waals surface area contributed by atoms with Crippen molar-refractivity contribution in [3.63, 3.8) is 0 Å². The molecule has 0 bridgehead atoms. The summed E-state index contributed by atoms with van der Waals surface area (Å²) in [5.41, 5.74) is 3.46. The zero-order valence-electron chi connectivity index (χ0n) is 14.3. The summed E-state index contributed by atoms with van der Waals surface area (Å²) in [5, 5.41) is 4.14. The van der Waals surface area contributed by atoms with Gasteiger partial charge in [0.2, 0.25) is 0 Å². The van der Waals surface area contributed by atoms with Gasteiger partial charge in [0.05, 0.1) is 0 Å². The van der Waals surface area contributed by atoms with Crippen LogP contribution in [0.4, 0.5) is 0 Å². The summed E-state index contributed by atoms with van der Waals surface area (Å²) in [4.78, 5) is 10.7. The second-order valence-electron chi connectivity index (χ2n) is 5.51. The molecule has 24 heavy (non-hydrogen) atoms. The normalized spacial score (nSPS) is 10.9. The van der Waals surface area contributed by atoms with Gasteiger partial charge >= 0.3 is 0 Å². The molecule has 130 valence electrons. The van der Waals surface area contributed by atoms with E-state index in [0.717, 1.165) is 36.2 Å². The van der Waals surface area contributed by atoms with E-state index in [1.165, 1.54) is 11.1 Å². The first-order chi connectivity index (χ1) is 11.1. The van der Waals surface area contributed by atoms with Crippen molar-refractivity contribution in [2.24, 2.45) is 4.99 Å². The molecule has 2 aromatic rings. The first-order valence-electron chi connectivity index (χ1n) is 7.66. The fourth-order valence-corrected chi connectivity index (χ4v) is 2.41. The summed E-state index contributed by atoms with van der Waals surface area (Å²) in [5.74, 6) is 0.875. The molecule has 1 aromatic carbocycles. The number of aryl methyl sites for hydroxylation is 1. The lowest BCUT2D eigenvalue weighted by Gasteiger charge is -2.22. The van der Waals surface area contributed by atoms with Crippen molar-refractivity contribution in [3.05, 3.63) is 64.4 Å². The molecule has 2 rings (SSSR count). The number of aromatic nitrogens is 1. The Kier molecular flexibility index (Phi) is 9.07. The summed E-state index contributed by atoms with van der Waals surface area (Å²) < 4.78 is 0. The van der Waals surface area contributed by atoms with Gasteiger partial charge in [0, 0.05) is 44.1 Å². The standard InChI is InChI=1S/C18H23ClN4.HI/c1-14-4-5-15(12-22-14)10-11-21-18(20-2)23(3)13-16-6-8-17(19)9-7-16;/h4-9,12H,10-11,13H2,1-3H3,(H,20,21);1H. The summed E-state index contributed by atoms with van der Waals surface area (Å²) in [6.45, 7) is 3.60. The van der Waals surface area contributed by atoms with Gasteiger partial charge in [-0.05, 0) is 42.7 Å². The highest BCUT2D eigenvalue weighted by Gasteiger charge is 2.06. The highest BCUT2D eigenvalue weighted by atomic mass is 127. The number of aliphatic imine (C=N–C) groups is 1. The van der Waals surface area contributed by atoms with Crippen molar-refractivity contribution in [1.82, 2.24) is 15.2 Å². The highest BCUT2D eigenvalue weighted by Crippen LogP contribution is 2.11. The van der Waals surface area contributed by atoms with Crippen LogP contribution in [-0.2, 0) is 13.0 Å². The smallest absolute Gasteiger partial charge is 0.193 e. The first-order valence-corrected chi connectivity index (χ1v) is 8.04. The maximum absolute atomic E-state index is 5.92. The number of hydrogen-bond acceptors (Lipinski definition) is 2. The van der Waals surface area contributed by atoms with E-state index in [1.807, 2.05) is 50.5 Å². The molecular weight excluding hydrogens is 435 g/mol. The topological polar surface area (TPSA) is 40.5 Å². The molecule has 0 atom stereocenters. The van der Waals surface area contributed by atoms with E-state index in [2.05, 4.69) is 26.3 Å². The largest absolute Gasteiger partial charge is 0.356 e. The van der Waals surface area contributed by atoms with Crippen LogP contribution in [0.1, 0.15) is 16.8 Å². The van der Waals surface area contributed by atoms with Crippen LogP contribution in [0.25, 0.3) is 0 Å². The summed E-state index contributed by atoms with van der Waals surface area (Å²) >= 11 is 5.92. The van der Waals surface area contributed by atoms with Crippen molar-refractivity contribution in [2.75, 3.05) is 20.6 Å². The third-order valence-electron chi connectivity index (χ3n) is 3.58. The van der Waals surface area contributed by atoms with E-state index < -0.39 is 0 Å². The quantitative estimate of drug-likeness (QED) is 0.419. The monoisotopic (exact) mass is 458 g/mol. The molecule has 0 radical (unpaired) electrons. The van der Waals surface area contributed by atoms with Gasteiger partial charge in [0.25, 0.3) is 0 Å². The van der Waals surface area contributed by atoms with Crippen LogP contribution < -0.4 is 5.32 Å². The Morgan fingerprint density at radius 2 is 1.83 bits per heavy atom. The molecule has 0 spiro atoms. The Hall–Kier alpha value is -1.34. The summed E-state index contributed by atoms with van der Waals surface area (Å²) in [6, 6.07) is 12.0. The maximum Gasteiger partial charge on any atom is 0.193 e. The number of nitrogens with one attached hydrogen (secondary N) is 1. The highest BCUT2D eigenvalue weighted by molar-refractivity contribution is 14.0. The van der Waals surface area contributed by atoms with Crippen LogP contribution in [0.3, 0.4) is 0 Å². The van der Waals surface area contributed by atoms with Crippen LogP contribution in [0.15, 0.2) is 47.6 Å². The minimum absolute atomic E-state index is 0. The van der Waals surface area contributed by atoms with Crippen LogP contribution in [0, 0.1) is 6.92 Å². The SMILES string of the molecule is CN=C(NCCc1ccc(C)nc1)N(C)Cc1ccc(Cl)cc1.I. The Morgan fingerprint density at radius 1 is 1.17 bits per heavy atom. The van der Waals surface area contributed by atoms with Gasteiger partial charge in [-0.1, -0.05) is 29.8 Å². The molecule has 0 saturated carbocycles. The number of hydrogen-bond donors (Lipinski definition) is 1. The minimum Gasteiger partial charge on any atom is -0.356 e. The Morgan fingerprint density at radius 3 is 2.42 bits per heavy atom. The average Bonchev–Trinajstić information content (AvgIpc) is 2.55. The second kappa shape index (κ2) is 10.5. The molecule has 1 heterocycles. The van der Waals surface area contributed by atoms with E-state index in [1.54, 1.807) is 7.05 Å². The first kappa shape index (κ1) is 20.7. The van der Waals surface area contributed by atoms with E-state index in [0.29, 0.717) is 0 Å². The van der Waals surface area contributed by atoms with E-state index in [9.17, 15) is 0 Å². The molecule has 0 fully saturated rings. The molecule has 0 aliphatic rings. The molecule has 4 nitrogen and oxygen atoms in total. The molecule has 1 N–H and O–H groups in total. The molecule has 0 amide bonds. The predicted octanol–water partition coefficient (Wildman–Crippen LogP) is 3.91. The Balaban J connectivity index is 0.00000288. The van der Waals surface area contributed by atoms with Crippen LogP contribution in [0.5, 0.6) is 0 Å².